The minimum Gasteiger partial charge on any atom is -0.768 e. The Bertz CT molecular complexity index is 501. The van der Waals surface area contributed by atoms with E-state index < -0.39 is 21.1 Å². The van der Waals surface area contributed by atoms with Crippen molar-refractivity contribution < 1.29 is 51.5 Å². The molecule has 0 saturated heterocycles. The van der Waals surface area contributed by atoms with Crippen LogP contribution in [0.15, 0.2) is 28.0 Å². The first-order valence-corrected chi connectivity index (χ1v) is 6.28. The molecule has 9 heteroatoms. The van der Waals surface area contributed by atoms with Crippen LogP contribution < -0.4 is 39.4 Å². The first-order chi connectivity index (χ1) is 6.86. The van der Waals surface area contributed by atoms with Crippen LogP contribution in [0.1, 0.15) is 0 Å². The van der Waals surface area contributed by atoms with Crippen LogP contribution in [-0.2, 0) is 21.1 Å². The second kappa shape index (κ2) is 6.10. The predicted molar refractivity (Wildman–Crippen MR) is 51.6 cm³/mol. The fourth-order valence-electron chi connectivity index (χ4n) is 0.964. The number of rotatable bonds is 3. The molecule has 6 nitrogen and oxygen atoms in total. The van der Waals surface area contributed by atoms with Gasteiger partial charge < -0.3 is 9.29 Å². The van der Waals surface area contributed by atoms with Gasteiger partial charge in [0, 0.05) is 0 Å². The first-order valence-electron chi connectivity index (χ1n) is 3.66. The van der Waals surface area contributed by atoms with Gasteiger partial charge in [-0.05, 0) is 29.3 Å². The molecule has 16 heavy (non-hydrogen) atoms. The molecule has 1 unspecified atom stereocenters. The summed E-state index contributed by atoms with van der Waals surface area (Å²) in [5.74, 6) is 0.0655. The molecule has 0 aliphatic rings. The van der Waals surface area contributed by atoms with Crippen molar-refractivity contribution in [1.29, 1.82) is 0 Å². The molecule has 0 saturated carbocycles. The van der Waals surface area contributed by atoms with Gasteiger partial charge in [0.15, 0.2) is 0 Å². The molecular formula is C7H8NNaO5S2. The van der Waals surface area contributed by atoms with Gasteiger partial charge in [0.05, 0.1) is 16.9 Å². The van der Waals surface area contributed by atoms with E-state index in [1.165, 1.54) is 19.2 Å². The van der Waals surface area contributed by atoms with E-state index >= 15 is 0 Å². The van der Waals surface area contributed by atoms with Gasteiger partial charge in [-0.15, -0.1) is 0 Å². The van der Waals surface area contributed by atoms with Crippen LogP contribution in [0.3, 0.4) is 0 Å². The van der Waals surface area contributed by atoms with Gasteiger partial charge in [0.25, 0.3) is 0 Å². The number of benzene rings is 1. The Hall–Kier alpha value is 0.0400. The number of primary sulfonamides is 1. The average Bonchev–Trinajstić information content (AvgIpc) is 2.15. The maximum absolute atomic E-state index is 10.9. The van der Waals surface area contributed by atoms with Crippen LogP contribution in [0, 0.1) is 0 Å². The number of ether oxygens (including phenoxy) is 1. The second-order valence-corrected chi connectivity index (χ2v) is 5.06. The number of hydrogen-bond donors (Lipinski definition) is 1. The van der Waals surface area contributed by atoms with E-state index in [4.69, 9.17) is 9.88 Å². The van der Waals surface area contributed by atoms with Gasteiger partial charge in [-0.2, -0.15) is 0 Å². The van der Waals surface area contributed by atoms with Crippen LogP contribution in [0.25, 0.3) is 0 Å². The Morgan fingerprint density at radius 1 is 1.44 bits per heavy atom. The zero-order valence-corrected chi connectivity index (χ0v) is 12.3. The zero-order valence-electron chi connectivity index (χ0n) is 8.67. The Kier molecular flexibility index (Phi) is 6.12. The minimum atomic E-state index is -3.91. The van der Waals surface area contributed by atoms with Crippen LogP contribution >= 0.6 is 0 Å². The van der Waals surface area contributed by atoms with E-state index in [2.05, 4.69) is 0 Å². The smallest absolute Gasteiger partial charge is 0.768 e. The van der Waals surface area contributed by atoms with Gasteiger partial charge in [0.2, 0.25) is 10.0 Å². The number of sulfonamides is 1. The summed E-state index contributed by atoms with van der Waals surface area (Å²) in [7, 11) is -2.63. The standard InChI is InChI=1S/C7H9NO5S2.Na/c1-13-6-3-2-5(15(8,11)12)4-7(6)14(9)10;/h2-4H,1H3,(H,9,10)(H2,8,11,12);/q;+1/p-1. The van der Waals surface area contributed by atoms with Crippen molar-refractivity contribution >= 4 is 21.1 Å². The summed E-state index contributed by atoms with van der Waals surface area (Å²) in [5.41, 5.74) is 0. The van der Waals surface area contributed by atoms with Gasteiger partial charge in [-0.25, -0.2) is 13.6 Å². The molecular weight excluding hydrogens is 265 g/mol. The minimum absolute atomic E-state index is 0. The Morgan fingerprint density at radius 2 is 2.00 bits per heavy atom. The van der Waals surface area contributed by atoms with E-state index in [0.29, 0.717) is 0 Å². The third kappa shape index (κ3) is 3.81. The first kappa shape index (κ1) is 16.0. The Morgan fingerprint density at radius 3 is 2.38 bits per heavy atom. The molecule has 1 rings (SSSR count). The molecule has 0 heterocycles. The van der Waals surface area contributed by atoms with Crippen LogP contribution in [0.5, 0.6) is 5.75 Å². The molecule has 2 N–H and O–H groups in total. The van der Waals surface area contributed by atoms with E-state index in [9.17, 15) is 17.2 Å². The van der Waals surface area contributed by atoms with Gasteiger partial charge >= 0.3 is 29.6 Å². The summed E-state index contributed by atoms with van der Waals surface area (Å²) in [4.78, 5) is -0.522. The molecule has 0 spiro atoms. The van der Waals surface area contributed by atoms with Crippen molar-refractivity contribution in [3.05, 3.63) is 18.2 Å². The topological polar surface area (TPSA) is 110 Å². The van der Waals surface area contributed by atoms with Crippen molar-refractivity contribution in [2.75, 3.05) is 7.11 Å². The molecule has 1 aromatic carbocycles. The SMILES string of the molecule is COc1ccc(S(N)(=O)=O)cc1S(=O)[O-].[Na+]. The molecule has 0 bridgehead atoms. The molecule has 1 atom stereocenters. The number of hydrogen-bond acceptors (Lipinski definition) is 5. The molecule has 84 valence electrons. The van der Waals surface area contributed by atoms with E-state index in [-0.39, 0.29) is 45.1 Å². The summed E-state index contributed by atoms with van der Waals surface area (Å²) in [5, 5.41) is 4.85. The van der Waals surface area contributed by atoms with Crippen LogP contribution in [-0.4, -0.2) is 24.3 Å². The van der Waals surface area contributed by atoms with Crippen molar-refractivity contribution in [2.45, 2.75) is 9.79 Å². The van der Waals surface area contributed by atoms with E-state index in [0.717, 1.165) is 6.07 Å². The summed E-state index contributed by atoms with van der Waals surface area (Å²) in [6, 6.07) is 3.34. The largest absolute Gasteiger partial charge is 1.00 e. The zero-order chi connectivity index (χ0) is 11.6. The van der Waals surface area contributed by atoms with E-state index in [1.54, 1.807) is 0 Å². The number of nitrogens with two attached hydrogens (primary N) is 1. The van der Waals surface area contributed by atoms with E-state index in [1.807, 2.05) is 0 Å². The van der Waals surface area contributed by atoms with Gasteiger partial charge in [-0.1, -0.05) is 0 Å². The summed E-state index contributed by atoms with van der Waals surface area (Å²) < 4.78 is 48.1. The molecule has 0 radical (unpaired) electrons. The molecule has 0 amide bonds. The summed E-state index contributed by atoms with van der Waals surface area (Å²) in [6.45, 7) is 0. The second-order valence-electron chi connectivity index (χ2n) is 2.59. The Labute approximate surface area is 118 Å². The third-order valence-electron chi connectivity index (χ3n) is 1.64. The molecule has 0 aromatic heterocycles. The summed E-state index contributed by atoms with van der Waals surface area (Å²) >= 11 is -2.58. The van der Waals surface area contributed by atoms with Crippen LogP contribution in [0.4, 0.5) is 0 Å². The molecule has 0 aliphatic heterocycles. The quantitative estimate of drug-likeness (QED) is 0.455. The fourth-order valence-corrected chi connectivity index (χ4v) is 2.12. The van der Waals surface area contributed by atoms with Crippen molar-refractivity contribution in [2.24, 2.45) is 5.14 Å². The fraction of sp³-hybridized carbons (Fsp3) is 0.143. The monoisotopic (exact) mass is 273 g/mol. The van der Waals surface area contributed by atoms with Gasteiger partial charge in [-0.3, -0.25) is 4.21 Å². The van der Waals surface area contributed by atoms with Crippen molar-refractivity contribution in [3.63, 3.8) is 0 Å². The third-order valence-corrected chi connectivity index (χ3v) is 3.23. The molecule has 1 aromatic rings. The summed E-state index contributed by atoms with van der Waals surface area (Å²) in [6.07, 6.45) is 0. The van der Waals surface area contributed by atoms with Crippen LogP contribution in [0.2, 0.25) is 0 Å². The van der Waals surface area contributed by atoms with Crippen molar-refractivity contribution in [1.82, 2.24) is 0 Å². The number of methoxy groups -OCH3 is 1. The molecule has 0 aliphatic carbocycles. The molecule has 0 fully saturated rings. The average molecular weight is 273 g/mol. The predicted octanol–water partition coefficient (Wildman–Crippen LogP) is -3.42. The maximum atomic E-state index is 10.9. The Balaban J connectivity index is 0.00000225. The normalized spacial score (nSPS) is 12.7. The maximum Gasteiger partial charge on any atom is 1.00 e. The van der Waals surface area contributed by atoms with Crippen molar-refractivity contribution in [3.8, 4) is 5.75 Å². The van der Waals surface area contributed by atoms with Gasteiger partial charge in [0.1, 0.15) is 5.75 Å².